The molecule has 1 aliphatic heterocycles. The van der Waals surface area contributed by atoms with Crippen molar-refractivity contribution in [3.63, 3.8) is 0 Å². The zero-order chi connectivity index (χ0) is 18.1. The summed E-state index contributed by atoms with van der Waals surface area (Å²) >= 11 is 3.35. The van der Waals surface area contributed by atoms with Crippen molar-refractivity contribution in [2.45, 2.75) is 33.0 Å². The Balaban J connectivity index is 1.51. The molecule has 0 saturated carbocycles. The second kappa shape index (κ2) is 7.47. The second-order valence-electron chi connectivity index (χ2n) is 6.60. The minimum absolute atomic E-state index is 0.288. The first-order chi connectivity index (χ1) is 12.6. The number of hydrogen-bond acceptors (Lipinski definition) is 9. The summed E-state index contributed by atoms with van der Waals surface area (Å²) in [5.41, 5.74) is 1.24. The maximum atomic E-state index is 4.38. The molecule has 0 N–H and O–H groups in total. The Bertz CT molecular complexity index is 869. The molecule has 3 aromatic heterocycles. The lowest BCUT2D eigenvalue weighted by molar-refractivity contribution is 0.0632. The third-order valence-corrected chi connectivity index (χ3v) is 6.16. The van der Waals surface area contributed by atoms with Gasteiger partial charge in [-0.2, -0.15) is 5.10 Å². The molecule has 138 valence electrons. The smallest absolute Gasteiger partial charge is 0.131 e. The van der Waals surface area contributed by atoms with E-state index in [0.29, 0.717) is 0 Å². The van der Waals surface area contributed by atoms with E-state index in [2.05, 4.69) is 41.5 Å². The van der Waals surface area contributed by atoms with E-state index in [9.17, 15) is 0 Å². The van der Waals surface area contributed by atoms with Crippen LogP contribution >= 0.6 is 22.7 Å². The van der Waals surface area contributed by atoms with Crippen LogP contribution in [-0.4, -0.2) is 59.6 Å². The van der Waals surface area contributed by atoms with E-state index < -0.39 is 0 Å². The Labute approximate surface area is 160 Å². The number of piperazine rings is 1. The van der Waals surface area contributed by atoms with Crippen LogP contribution < -0.4 is 0 Å². The van der Waals surface area contributed by atoms with Crippen LogP contribution in [0.4, 0.5) is 0 Å². The summed E-state index contributed by atoms with van der Waals surface area (Å²) in [5, 5.41) is 25.5. The highest BCUT2D eigenvalue weighted by atomic mass is 32.1. The largest absolute Gasteiger partial charge is 0.293 e. The molecule has 8 nitrogen and oxygen atoms in total. The Hall–Kier alpha value is -1.75. The van der Waals surface area contributed by atoms with Gasteiger partial charge in [-0.05, 0) is 13.8 Å². The lowest BCUT2D eigenvalue weighted by Gasteiger charge is -2.40. The Morgan fingerprint density at radius 3 is 2.27 bits per heavy atom. The lowest BCUT2D eigenvalue weighted by atomic mass is 10.1. The summed E-state index contributed by atoms with van der Waals surface area (Å²) < 4.78 is 1.87. The Morgan fingerprint density at radius 1 is 1.00 bits per heavy atom. The SMILES string of the molecule is Cc1nnc(CN2CCN(Cc3nnc(C)s3)C(c3cnn(C)c3)C2)s1. The third kappa shape index (κ3) is 3.98. The van der Waals surface area contributed by atoms with Gasteiger partial charge in [0.05, 0.1) is 25.3 Å². The minimum atomic E-state index is 0.288. The molecular weight excluding hydrogens is 368 g/mol. The molecule has 1 atom stereocenters. The van der Waals surface area contributed by atoms with Crippen LogP contribution in [0.2, 0.25) is 0 Å². The van der Waals surface area contributed by atoms with Crippen LogP contribution in [-0.2, 0) is 20.1 Å². The monoisotopic (exact) mass is 390 g/mol. The van der Waals surface area contributed by atoms with Gasteiger partial charge < -0.3 is 0 Å². The van der Waals surface area contributed by atoms with E-state index >= 15 is 0 Å². The van der Waals surface area contributed by atoms with Crippen molar-refractivity contribution >= 4 is 22.7 Å². The number of rotatable bonds is 5. The van der Waals surface area contributed by atoms with E-state index in [1.807, 2.05) is 31.8 Å². The van der Waals surface area contributed by atoms with Gasteiger partial charge in [0.1, 0.15) is 20.0 Å². The van der Waals surface area contributed by atoms with Crippen molar-refractivity contribution in [3.05, 3.63) is 38.0 Å². The van der Waals surface area contributed by atoms with Crippen LogP contribution in [0.5, 0.6) is 0 Å². The topological polar surface area (TPSA) is 75.9 Å². The van der Waals surface area contributed by atoms with Crippen molar-refractivity contribution in [1.82, 2.24) is 40.0 Å². The molecule has 0 aliphatic carbocycles. The second-order valence-corrected chi connectivity index (χ2v) is 9.13. The molecule has 1 unspecified atom stereocenters. The molecule has 0 spiro atoms. The molecule has 0 amide bonds. The van der Waals surface area contributed by atoms with E-state index in [4.69, 9.17) is 0 Å². The minimum Gasteiger partial charge on any atom is -0.293 e. The van der Waals surface area contributed by atoms with Gasteiger partial charge in [-0.1, -0.05) is 0 Å². The molecule has 0 bridgehead atoms. The number of nitrogens with zero attached hydrogens (tertiary/aromatic N) is 8. The normalized spacial score (nSPS) is 19.3. The summed E-state index contributed by atoms with van der Waals surface area (Å²) in [7, 11) is 1.96. The van der Waals surface area contributed by atoms with E-state index in [0.717, 1.165) is 52.8 Å². The third-order valence-electron chi connectivity index (χ3n) is 4.52. The molecule has 4 heterocycles. The average Bonchev–Trinajstić information content (AvgIpc) is 3.32. The van der Waals surface area contributed by atoms with E-state index in [1.54, 1.807) is 22.7 Å². The molecule has 26 heavy (non-hydrogen) atoms. The molecule has 1 aliphatic rings. The summed E-state index contributed by atoms with van der Waals surface area (Å²) in [4.78, 5) is 4.94. The molecule has 1 fully saturated rings. The average molecular weight is 391 g/mol. The van der Waals surface area contributed by atoms with Crippen molar-refractivity contribution < 1.29 is 0 Å². The zero-order valence-electron chi connectivity index (χ0n) is 15.2. The van der Waals surface area contributed by atoms with Crippen molar-refractivity contribution in [2.75, 3.05) is 19.6 Å². The van der Waals surface area contributed by atoms with Gasteiger partial charge in [-0.25, -0.2) is 0 Å². The quantitative estimate of drug-likeness (QED) is 0.657. The van der Waals surface area contributed by atoms with Crippen molar-refractivity contribution in [3.8, 4) is 0 Å². The van der Waals surface area contributed by atoms with Crippen LogP contribution in [0.15, 0.2) is 12.4 Å². The molecule has 3 aromatic rings. The summed E-state index contributed by atoms with van der Waals surface area (Å²) in [6.07, 6.45) is 4.09. The fourth-order valence-electron chi connectivity index (χ4n) is 3.31. The van der Waals surface area contributed by atoms with Gasteiger partial charge in [0.25, 0.3) is 0 Å². The summed E-state index contributed by atoms with van der Waals surface area (Å²) in [6, 6.07) is 0.288. The lowest BCUT2D eigenvalue weighted by Crippen LogP contribution is -2.47. The van der Waals surface area contributed by atoms with Gasteiger partial charge in [-0.15, -0.1) is 43.1 Å². The van der Waals surface area contributed by atoms with Gasteiger partial charge in [0, 0.05) is 38.4 Å². The maximum Gasteiger partial charge on any atom is 0.131 e. The van der Waals surface area contributed by atoms with Gasteiger partial charge in [-0.3, -0.25) is 14.5 Å². The standard InChI is InChI=1S/C16H22N8S2/c1-11-18-20-15(25-11)9-23-4-5-24(10-16-21-19-12(2)26-16)14(8-23)13-6-17-22(3)7-13/h6-7,14H,4-5,8-10H2,1-3H3. The number of aromatic nitrogens is 6. The summed E-state index contributed by atoms with van der Waals surface area (Å²) in [5.74, 6) is 0. The predicted molar refractivity (Wildman–Crippen MR) is 101 cm³/mol. The molecule has 10 heteroatoms. The van der Waals surface area contributed by atoms with Gasteiger partial charge in [0.15, 0.2) is 0 Å². The first-order valence-electron chi connectivity index (χ1n) is 8.60. The van der Waals surface area contributed by atoms with Crippen molar-refractivity contribution in [2.24, 2.45) is 7.05 Å². The van der Waals surface area contributed by atoms with Crippen LogP contribution in [0, 0.1) is 13.8 Å². The van der Waals surface area contributed by atoms with Crippen LogP contribution in [0.1, 0.15) is 31.6 Å². The fourth-order valence-corrected chi connectivity index (χ4v) is 4.79. The molecular formula is C16H22N8S2. The maximum absolute atomic E-state index is 4.38. The molecule has 4 rings (SSSR count). The number of hydrogen-bond donors (Lipinski definition) is 0. The van der Waals surface area contributed by atoms with E-state index in [1.165, 1.54) is 5.56 Å². The van der Waals surface area contributed by atoms with Gasteiger partial charge >= 0.3 is 0 Å². The zero-order valence-corrected chi connectivity index (χ0v) is 16.8. The predicted octanol–water partition coefficient (Wildman–Crippen LogP) is 1.80. The van der Waals surface area contributed by atoms with Gasteiger partial charge in [0.2, 0.25) is 0 Å². The first-order valence-corrected chi connectivity index (χ1v) is 10.2. The van der Waals surface area contributed by atoms with Crippen molar-refractivity contribution in [1.29, 1.82) is 0 Å². The fraction of sp³-hybridized carbons (Fsp3) is 0.562. The first kappa shape index (κ1) is 17.7. The molecule has 0 aromatic carbocycles. The molecule has 1 saturated heterocycles. The van der Waals surface area contributed by atoms with E-state index in [-0.39, 0.29) is 6.04 Å². The summed E-state index contributed by atoms with van der Waals surface area (Å²) in [6.45, 7) is 8.62. The molecule has 0 radical (unpaired) electrons. The highest BCUT2D eigenvalue weighted by Gasteiger charge is 2.30. The highest BCUT2D eigenvalue weighted by molar-refractivity contribution is 7.11. The Kier molecular flexibility index (Phi) is 5.07. The van der Waals surface area contributed by atoms with Crippen LogP contribution in [0.3, 0.4) is 0 Å². The highest BCUT2D eigenvalue weighted by Crippen LogP contribution is 2.28. The number of aryl methyl sites for hydroxylation is 3. The Morgan fingerprint density at radius 2 is 1.69 bits per heavy atom. The van der Waals surface area contributed by atoms with Crippen LogP contribution in [0.25, 0.3) is 0 Å².